The smallest absolute Gasteiger partial charge is 0.280 e. The molecule has 0 radical (unpaired) electrons. The standard InChI is InChI=1S/C26H31ClIN9O/c27-22-24(32-15-17-4-6-19(28)7-5-17)35-23(29)21(34-22)25(38)36-26(30)33-16-18-8-12-37(13-9-18)14-10-20-3-1-2-11-31-20/h1-7,11,18H,8-10,12-16H2,(H3,29,32,35)(H3,30,33,36,38). The van der Waals surface area contributed by atoms with Crippen LogP contribution in [-0.2, 0) is 13.0 Å². The van der Waals surface area contributed by atoms with Gasteiger partial charge in [0.05, 0.1) is 0 Å². The Balaban J connectivity index is 1.23. The van der Waals surface area contributed by atoms with Crippen LogP contribution in [0.1, 0.15) is 34.6 Å². The van der Waals surface area contributed by atoms with E-state index in [9.17, 15) is 4.79 Å². The molecule has 0 unspecified atom stereocenters. The first-order chi connectivity index (χ1) is 18.4. The highest BCUT2D eigenvalue weighted by Crippen LogP contribution is 2.22. The van der Waals surface area contributed by atoms with Crippen molar-refractivity contribution >= 4 is 57.7 Å². The summed E-state index contributed by atoms with van der Waals surface area (Å²) in [4.78, 5) is 32.2. The molecule has 4 rings (SSSR count). The Morgan fingerprint density at radius 2 is 1.92 bits per heavy atom. The number of aliphatic imine (C=N–C) groups is 1. The maximum atomic E-state index is 12.7. The molecule has 1 aliphatic heterocycles. The Labute approximate surface area is 240 Å². The van der Waals surface area contributed by atoms with Gasteiger partial charge in [-0.3, -0.25) is 20.1 Å². The zero-order chi connectivity index (χ0) is 26.9. The number of pyridine rings is 1. The lowest BCUT2D eigenvalue weighted by Gasteiger charge is -2.31. The van der Waals surface area contributed by atoms with Crippen LogP contribution in [0.25, 0.3) is 0 Å². The second kappa shape index (κ2) is 13.7. The minimum Gasteiger partial charge on any atom is -0.382 e. The molecule has 1 aliphatic rings. The Hall–Kier alpha value is -3.03. The lowest BCUT2D eigenvalue weighted by Crippen LogP contribution is -2.39. The summed E-state index contributed by atoms with van der Waals surface area (Å²) in [5.41, 5.74) is 14.0. The van der Waals surface area contributed by atoms with Gasteiger partial charge in [-0.2, -0.15) is 0 Å². The van der Waals surface area contributed by atoms with Crippen LogP contribution in [0, 0.1) is 9.49 Å². The van der Waals surface area contributed by atoms with E-state index in [1.807, 2.05) is 42.6 Å². The molecule has 3 heterocycles. The second-order valence-corrected chi connectivity index (χ2v) is 10.7. The highest BCUT2D eigenvalue weighted by molar-refractivity contribution is 14.1. The number of benzene rings is 1. The molecule has 0 spiro atoms. The average Bonchev–Trinajstić information content (AvgIpc) is 2.93. The summed E-state index contributed by atoms with van der Waals surface area (Å²) in [6.07, 6.45) is 4.83. The number of carbonyl (C=O) groups excluding carboxylic acids is 1. The number of hydrogen-bond donors (Lipinski definition) is 4. The molecule has 0 atom stereocenters. The third-order valence-electron chi connectivity index (χ3n) is 6.35. The van der Waals surface area contributed by atoms with Gasteiger partial charge < -0.3 is 21.7 Å². The molecular formula is C26H31ClIN9O. The van der Waals surface area contributed by atoms with Gasteiger partial charge in [-0.05, 0) is 84.3 Å². The van der Waals surface area contributed by atoms with Crippen molar-refractivity contribution in [3.8, 4) is 0 Å². The van der Waals surface area contributed by atoms with Crippen LogP contribution in [0.15, 0.2) is 53.7 Å². The number of nitrogens with two attached hydrogens (primary N) is 2. The summed E-state index contributed by atoms with van der Waals surface area (Å²) >= 11 is 8.51. The van der Waals surface area contributed by atoms with Crippen molar-refractivity contribution in [3.05, 3.63) is 74.3 Å². The Morgan fingerprint density at radius 1 is 1.16 bits per heavy atom. The van der Waals surface area contributed by atoms with Crippen molar-refractivity contribution in [2.24, 2.45) is 16.6 Å². The maximum Gasteiger partial charge on any atom is 0.280 e. The van der Waals surface area contributed by atoms with E-state index in [1.54, 1.807) is 0 Å². The number of carbonyl (C=O) groups is 1. The van der Waals surface area contributed by atoms with Crippen LogP contribution >= 0.6 is 34.2 Å². The molecule has 1 fully saturated rings. The number of likely N-dealkylation sites (tertiary alicyclic amines) is 1. The number of piperidine rings is 1. The van der Waals surface area contributed by atoms with E-state index in [2.05, 4.69) is 64.1 Å². The topological polar surface area (TPSA) is 147 Å². The van der Waals surface area contributed by atoms with Crippen molar-refractivity contribution in [2.45, 2.75) is 25.8 Å². The number of anilines is 2. The summed E-state index contributed by atoms with van der Waals surface area (Å²) in [5.74, 6) is 0.0713. The molecule has 0 aliphatic carbocycles. The number of rotatable bonds is 9. The van der Waals surface area contributed by atoms with Crippen LogP contribution in [-0.4, -0.2) is 57.9 Å². The van der Waals surface area contributed by atoms with Crippen molar-refractivity contribution in [2.75, 3.05) is 37.2 Å². The van der Waals surface area contributed by atoms with Crippen LogP contribution < -0.4 is 22.1 Å². The summed E-state index contributed by atoms with van der Waals surface area (Å²) in [6, 6.07) is 14.0. The highest BCUT2D eigenvalue weighted by Gasteiger charge is 2.20. The number of nitrogen functional groups attached to an aromatic ring is 1. The van der Waals surface area contributed by atoms with E-state index >= 15 is 0 Å². The molecule has 1 saturated heterocycles. The molecular weight excluding hydrogens is 617 g/mol. The van der Waals surface area contributed by atoms with Gasteiger partial charge in [0, 0.05) is 41.5 Å². The summed E-state index contributed by atoms with van der Waals surface area (Å²) in [7, 11) is 0. The van der Waals surface area contributed by atoms with Crippen LogP contribution in [0.2, 0.25) is 5.15 Å². The SMILES string of the molecule is NC(=NCC1CCN(CCc2ccccn2)CC1)NC(=O)c1nc(Cl)c(NCc2ccc(I)cc2)nc1N. The van der Waals surface area contributed by atoms with Gasteiger partial charge in [-0.25, -0.2) is 9.97 Å². The Kier molecular flexibility index (Phi) is 10.1. The number of hydrogen-bond acceptors (Lipinski definition) is 8. The Bertz CT molecular complexity index is 1250. The van der Waals surface area contributed by atoms with E-state index in [-0.39, 0.29) is 22.6 Å². The summed E-state index contributed by atoms with van der Waals surface area (Å²) < 4.78 is 1.14. The minimum atomic E-state index is -0.605. The van der Waals surface area contributed by atoms with Gasteiger partial charge in [0.15, 0.2) is 28.4 Å². The summed E-state index contributed by atoms with van der Waals surface area (Å²) in [5, 5.41) is 5.68. The molecule has 2 aromatic heterocycles. The maximum absolute atomic E-state index is 12.7. The zero-order valence-electron chi connectivity index (χ0n) is 20.9. The first-order valence-corrected chi connectivity index (χ1v) is 13.9. The largest absolute Gasteiger partial charge is 0.382 e. The van der Waals surface area contributed by atoms with E-state index in [1.165, 1.54) is 0 Å². The van der Waals surface area contributed by atoms with Crippen molar-refractivity contribution in [3.63, 3.8) is 0 Å². The molecule has 1 aromatic carbocycles. The number of halogens is 2. The lowest BCUT2D eigenvalue weighted by atomic mass is 9.97. The van der Waals surface area contributed by atoms with E-state index in [0.29, 0.717) is 24.8 Å². The molecule has 200 valence electrons. The van der Waals surface area contributed by atoms with E-state index in [0.717, 1.165) is 53.7 Å². The van der Waals surface area contributed by atoms with Gasteiger partial charge in [0.2, 0.25) is 0 Å². The third-order valence-corrected chi connectivity index (χ3v) is 7.33. The van der Waals surface area contributed by atoms with Crippen molar-refractivity contribution < 1.29 is 4.79 Å². The lowest BCUT2D eigenvalue weighted by molar-refractivity contribution is 0.0972. The fourth-order valence-electron chi connectivity index (χ4n) is 4.15. The van der Waals surface area contributed by atoms with E-state index in [4.69, 9.17) is 23.1 Å². The van der Waals surface area contributed by atoms with Gasteiger partial charge in [-0.1, -0.05) is 29.8 Å². The quantitative estimate of drug-likeness (QED) is 0.157. The number of nitrogens with one attached hydrogen (secondary N) is 2. The highest BCUT2D eigenvalue weighted by atomic mass is 127. The van der Waals surface area contributed by atoms with Gasteiger partial charge in [0.25, 0.3) is 5.91 Å². The number of guanidine groups is 1. The van der Waals surface area contributed by atoms with Crippen molar-refractivity contribution in [1.29, 1.82) is 0 Å². The Morgan fingerprint density at radius 3 is 2.63 bits per heavy atom. The predicted molar refractivity (Wildman–Crippen MR) is 159 cm³/mol. The molecule has 12 heteroatoms. The van der Waals surface area contributed by atoms with Gasteiger partial charge in [0.1, 0.15) is 0 Å². The van der Waals surface area contributed by atoms with Gasteiger partial charge >= 0.3 is 0 Å². The predicted octanol–water partition coefficient (Wildman–Crippen LogP) is 3.32. The zero-order valence-corrected chi connectivity index (χ0v) is 23.8. The number of aromatic nitrogens is 3. The minimum absolute atomic E-state index is 0.0193. The third kappa shape index (κ3) is 8.23. The monoisotopic (exact) mass is 647 g/mol. The molecule has 10 nitrogen and oxygen atoms in total. The average molecular weight is 648 g/mol. The van der Waals surface area contributed by atoms with Crippen molar-refractivity contribution in [1.82, 2.24) is 25.2 Å². The summed E-state index contributed by atoms with van der Waals surface area (Å²) in [6.45, 7) is 4.04. The molecule has 3 aromatic rings. The first-order valence-electron chi connectivity index (χ1n) is 12.4. The van der Waals surface area contributed by atoms with E-state index < -0.39 is 5.91 Å². The molecule has 1 amide bonds. The van der Waals surface area contributed by atoms with Crippen LogP contribution in [0.5, 0.6) is 0 Å². The number of amides is 1. The molecule has 0 saturated carbocycles. The molecule has 0 bridgehead atoms. The fraction of sp³-hybridized carbons (Fsp3) is 0.346. The normalized spacial score (nSPS) is 14.8. The van der Waals surface area contributed by atoms with Crippen LogP contribution in [0.3, 0.4) is 0 Å². The molecule has 6 N–H and O–H groups in total. The van der Waals surface area contributed by atoms with Crippen LogP contribution in [0.4, 0.5) is 11.6 Å². The number of nitrogens with zero attached hydrogens (tertiary/aromatic N) is 5. The molecule has 38 heavy (non-hydrogen) atoms. The first kappa shape index (κ1) is 28.0. The second-order valence-electron chi connectivity index (χ2n) is 9.11. The van der Waals surface area contributed by atoms with Gasteiger partial charge in [-0.15, -0.1) is 0 Å². The fourth-order valence-corrected chi connectivity index (χ4v) is 4.70.